The van der Waals surface area contributed by atoms with Crippen LogP contribution in [0.4, 0.5) is 4.39 Å². The highest BCUT2D eigenvalue weighted by atomic mass is 35.5. The van der Waals surface area contributed by atoms with Crippen LogP contribution in [0.5, 0.6) is 0 Å². The van der Waals surface area contributed by atoms with Gasteiger partial charge in [0.2, 0.25) is 0 Å². The van der Waals surface area contributed by atoms with Crippen molar-refractivity contribution in [2.75, 3.05) is 0 Å². The van der Waals surface area contributed by atoms with Gasteiger partial charge in [-0.25, -0.2) is 4.39 Å². The van der Waals surface area contributed by atoms with Crippen LogP contribution in [0.3, 0.4) is 0 Å². The number of nitrogens with two attached hydrogens (primary N) is 1. The molecule has 3 heteroatoms. The van der Waals surface area contributed by atoms with E-state index >= 15 is 0 Å². The molecule has 1 aromatic rings. The number of benzene rings is 1. The van der Waals surface area contributed by atoms with Crippen molar-refractivity contribution in [3.63, 3.8) is 0 Å². The van der Waals surface area contributed by atoms with E-state index in [1.807, 2.05) is 13.0 Å². The average molecular weight is 230 g/mol. The Bertz CT molecular complexity index is 336. The topological polar surface area (TPSA) is 26.0 Å². The van der Waals surface area contributed by atoms with Crippen LogP contribution >= 0.6 is 12.4 Å². The van der Waals surface area contributed by atoms with Crippen molar-refractivity contribution in [1.82, 2.24) is 0 Å². The molecule has 1 nitrogen and oxygen atoms in total. The summed E-state index contributed by atoms with van der Waals surface area (Å²) in [5.74, 6) is 0.335. The lowest BCUT2D eigenvalue weighted by atomic mass is 9.77. The van der Waals surface area contributed by atoms with Gasteiger partial charge in [0, 0.05) is 11.6 Å². The lowest BCUT2D eigenvalue weighted by Crippen LogP contribution is -2.27. The fraction of sp³-hybridized carbons (Fsp3) is 0.500. The van der Waals surface area contributed by atoms with Gasteiger partial charge in [0.15, 0.2) is 0 Å². The molecule has 1 aromatic carbocycles. The van der Waals surface area contributed by atoms with Crippen molar-refractivity contribution < 1.29 is 4.39 Å². The van der Waals surface area contributed by atoms with Crippen molar-refractivity contribution in [2.24, 2.45) is 11.7 Å². The minimum Gasteiger partial charge on any atom is -0.324 e. The molecule has 84 valence electrons. The molecule has 1 aliphatic carbocycles. The van der Waals surface area contributed by atoms with Gasteiger partial charge in [-0.15, -0.1) is 12.4 Å². The van der Waals surface area contributed by atoms with E-state index in [2.05, 4.69) is 0 Å². The molecule has 0 aliphatic heterocycles. The Morgan fingerprint density at radius 2 is 2.07 bits per heavy atom. The first-order valence-corrected chi connectivity index (χ1v) is 5.20. The van der Waals surface area contributed by atoms with Crippen LogP contribution in [0, 0.1) is 18.7 Å². The zero-order valence-electron chi connectivity index (χ0n) is 8.87. The van der Waals surface area contributed by atoms with Crippen LogP contribution in [-0.4, -0.2) is 0 Å². The third kappa shape index (κ3) is 2.50. The molecule has 1 saturated carbocycles. The fourth-order valence-electron chi connectivity index (χ4n) is 1.97. The average Bonchev–Trinajstić information content (AvgIpc) is 2.06. The van der Waals surface area contributed by atoms with E-state index in [1.54, 1.807) is 6.07 Å². The molecule has 2 N–H and O–H groups in total. The van der Waals surface area contributed by atoms with Crippen LogP contribution in [0.1, 0.15) is 36.4 Å². The van der Waals surface area contributed by atoms with Crippen molar-refractivity contribution in [3.05, 3.63) is 35.1 Å². The molecule has 0 amide bonds. The normalized spacial score (nSPS) is 17.8. The molecule has 0 radical (unpaired) electrons. The fourth-order valence-corrected chi connectivity index (χ4v) is 1.97. The van der Waals surface area contributed by atoms with Gasteiger partial charge in [0.25, 0.3) is 0 Å². The Morgan fingerprint density at radius 3 is 2.60 bits per heavy atom. The minimum absolute atomic E-state index is 0. The molecule has 15 heavy (non-hydrogen) atoms. The van der Waals surface area contributed by atoms with Gasteiger partial charge in [-0.3, -0.25) is 0 Å². The Morgan fingerprint density at radius 1 is 1.40 bits per heavy atom. The van der Waals surface area contributed by atoms with Gasteiger partial charge in [-0.05, 0) is 31.7 Å². The second-order valence-corrected chi connectivity index (χ2v) is 4.24. The van der Waals surface area contributed by atoms with E-state index in [0.29, 0.717) is 11.5 Å². The second kappa shape index (κ2) is 4.95. The number of hydrogen-bond acceptors (Lipinski definition) is 1. The summed E-state index contributed by atoms with van der Waals surface area (Å²) in [4.78, 5) is 0. The molecule has 0 unspecified atom stereocenters. The molecule has 0 aromatic heterocycles. The van der Waals surface area contributed by atoms with Crippen molar-refractivity contribution in [1.29, 1.82) is 0 Å². The second-order valence-electron chi connectivity index (χ2n) is 4.24. The molecular formula is C12H17ClFN. The molecule has 0 heterocycles. The largest absolute Gasteiger partial charge is 0.324 e. The van der Waals surface area contributed by atoms with E-state index < -0.39 is 0 Å². The summed E-state index contributed by atoms with van der Waals surface area (Å²) >= 11 is 0. The van der Waals surface area contributed by atoms with Gasteiger partial charge in [0.05, 0.1) is 0 Å². The zero-order chi connectivity index (χ0) is 10.1. The molecule has 0 saturated heterocycles. The van der Waals surface area contributed by atoms with E-state index in [4.69, 9.17) is 5.73 Å². The predicted molar refractivity (Wildman–Crippen MR) is 62.7 cm³/mol. The van der Waals surface area contributed by atoms with Crippen molar-refractivity contribution in [2.45, 2.75) is 32.2 Å². The summed E-state index contributed by atoms with van der Waals surface area (Å²) in [6.45, 7) is 1.97. The van der Waals surface area contributed by atoms with Gasteiger partial charge < -0.3 is 5.73 Å². The third-order valence-corrected chi connectivity index (χ3v) is 3.17. The molecule has 1 fully saturated rings. The van der Waals surface area contributed by atoms with Crippen LogP contribution in [0.25, 0.3) is 0 Å². The smallest absolute Gasteiger partial charge is 0.127 e. The summed E-state index contributed by atoms with van der Waals surface area (Å²) in [6.07, 6.45) is 3.54. The lowest BCUT2D eigenvalue weighted by Gasteiger charge is -2.31. The van der Waals surface area contributed by atoms with E-state index in [0.717, 1.165) is 18.4 Å². The van der Waals surface area contributed by atoms with Crippen LogP contribution in [0.15, 0.2) is 18.2 Å². The Hall–Kier alpha value is -0.600. The van der Waals surface area contributed by atoms with Gasteiger partial charge in [-0.1, -0.05) is 24.1 Å². The van der Waals surface area contributed by atoms with Gasteiger partial charge in [0.1, 0.15) is 5.82 Å². The van der Waals surface area contributed by atoms with Crippen LogP contribution < -0.4 is 5.73 Å². The lowest BCUT2D eigenvalue weighted by molar-refractivity contribution is 0.260. The van der Waals surface area contributed by atoms with Gasteiger partial charge >= 0.3 is 0 Å². The third-order valence-electron chi connectivity index (χ3n) is 3.17. The summed E-state index contributed by atoms with van der Waals surface area (Å²) in [7, 11) is 0. The van der Waals surface area contributed by atoms with Crippen LogP contribution in [-0.2, 0) is 0 Å². The minimum atomic E-state index is -0.157. The summed E-state index contributed by atoms with van der Waals surface area (Å²) in [5.41, 5.74) is 7.80. The SMILES string of the molecule is Cc1ccc(F)c([C@@H](N)C2CCC2)c1.Cl. The molecule has 1 atom stereocenters. The first kappa shape index (κ1) is 12.5. The van der Waals surface area contributed by atoms with Crippen LogP contribution in [0.2, 0.25) is 0 Å². The predicted octanol–water partition coefficient (Wildman–Crippen LogP) is 3.36. The number of halogens is 2. The number of hydrogen-bond donors (Lipinski definition) is 1. The van der Waals surface area contributed by atoms with E-state index in [1.165, 1.54) is 12.5 Å². The highest BCUT2D eigenvalue weighted by molar-refractivity contribution is 5.85. The Labute approximate surface area is 96.3 Å². The first-order valence-electron chi connectivity index (χ1n) is 5.20. The van der Waals surface area contributed by atoms with E-state index in [-0.39, 0.29) is 24.3 Å². The highest BCUT2D eigenvalue weighted by Crippen LogP contribution is 2.37. The number of rotatable bonds is 2. The summed E-state index contributed by atoms with van der Waals surface area (Å²) < 4.78 is 13.5. The standard InChI is InChI=1S/C12H16FN.ClH/c1-8-5-6-11(13)10(7-8)12(14)9-3-2-4-9;/h5-7,9,12H,2-4,14H2,1H3;1H/t12-;/m0./s1. The Balaban J connectivity index is 0.00000112. The molecule has 0 bridgehead atoms. The van der Waals surface area contributed by atoms with Gasteiger partial charge in [-0.2, -0.15) is 0 Å². The molecule has 0 spiro atoms. The summed E-state index contributed by atoms with van der Waals surface area (Å²) in [5, 5.41) is 0. The summed E-state index contributed by atoms with van der Waals surface area (Å²) in [6, 6.07) is 5.07. The monoisotopic (exact) mass is 229 g/mol. The maximum absolute atomic E-state index is 13.5. The van der Waals surface area contributed by atoms with Crippen molar-refractivity contribution >= 4 is 12.4 Å². The van der Waals surface area contributed by atoms with Crippen molar-refractivity contribution in [3.8, 4) is 0 Å². The Kier molecular flexibility index (Phi) is 4.12. The first-order chi connectivity index (χ1) is 6.68. The zero-order valence-corrected chi connectivity index (χ0v) is 9.69. The van der Waals surface area contributed by atoms with E-state index in [9.17, 15) is 4.39 Å². The molecular weight excluding hydrogens is 213 g/mol. The molecule has 1 aliphatic rings. The maximum Gasteiger partial charge on any atom is 0.127 e. The molecule has 2 rings (SSSR count). The highest BCUT2D eigenvalue weighted by Gasteiger charge is 2.27. The maximum atomic E-state index is 13.5. The number of aryl methyl sites for hydroxylation is 1. The quantitative estimate of drug-likeness (QED) is 0.827.